The van der Waals surface area contributed by atoms with Crippen molar-refractivity contribution in [1.29, 1.82) is 0 Å². The van der Waals surface area contributed by atoms with E-state index < -0.39 is 12.1 Å². The molecule has 4 heteroatoms. The van der Waals surface area contributed by atoms with Crippen LogP contribution in [-0.4, -0.2) is 34.5 Å². The molecule has 2 N–H and O–H groups in total. The molecule has 1 fully saturated rings. The van der Waals surface area contributed by atoms with Crippen LogP contribution in [0.3, 0.4) is 0 Å². The summed E-state index contributed by atoms with van der Waals surface area (Å²) in [5.74, 6) is -0.763. The van der Waals surface area contributed by atoms with Crippen molar-refractivity contribution in [3.05, 3.63) is 60.8 Å². The van der Waals surface area contributed by atoms with Gasteiger partial charge in [-0.3, -0.25) is 4.79 Å². The zero-order valence-corrected chi connectivity index (χ0v) is 15.7. The maximum Gasteiger partial charge on any atom is 0.303 e. The van der Waals surface area contributed by atoms with E-state index in [0.29, 0.717) is 25.0 Å². The predicted octanol–water partition coefficient (Wildman–Crippen LogP) is 4.73. The summed E-state index contributed by atoms with van der Waals surface area (Å²) in [6.45, 7) is 2.14. The lowest BCUT2D eigenvalue weighted by atomic mass is 10.2. The van der Waals surface area contributed by atoms with Crippen LogP contribution >= 0.6 is 0 Å². The van der Waals surface area contributed by atoms with Gasteiger partial charge >= 0.3 is 5.97 Å². The standard InChI is InChI=1S/C22H32O4/c1-2-20-21(26-20)17-13-10-12-16-19(23)15-11-8-6-4-3-5-7-9-14-18-22(24)25/h3-4,7-13,16,19-21,23H,2,5-6,14-15,17-18H2,1H3,(H,24,25). The second-order valence-corrected chi connectivity index (χ2v) is 6.29. The van der Waals surface area contributed by atoms with Crippen molar-refractivity contribution in [2.75, 3.05) is 0 Å². The summed E-state index contributed by atoms with van der Waals surface area (Å²) in [5, 5.41) is 18.3. The number of hydrogen-bond acceptors (Lipinski definition) is 3. The van der Waals surface area contributed by atoms with Gasteiger partial charge in [-0.05, 0) is 38.5 Å². The van der Waals surface area contributed by atoms with Crippen LogP contribution in [0.1, 0.15) is 51.9 Å². The molecule has 0 aromatic heterocycles. The zero-order chi connectivity index (χ0) is 19.0. The summed E-state index contributed by atoms with van der Waals surface area (Å²) in [6.07, 6.45) is 25.2. The highest BCUT2D eigenvalue weighted by atomic mass is 16.6. The van der Waals surface area contributed by atoms with E-state index in [0.717, 1.165) is 25.7 Å². The van der Waals surface area contributed by atoms with Crippen molar-refractivity contribution in [2.45, 2.75) is 70.2 Å². The number of epoxide rings is 1. The summed E-state index contributed by atoms with van der Waals surface area (Å²) in [7, 11) is 0. The number of rotatable bonds is 14. The Morgan fingerprint density at radius 1 is 1.00 bits per heavy atom. The van der Waals surface area contributed by atoms with Gasteiger partial charge in [-0.25, -0.2) is 0 Å². The van der Waals surface area contributed by atoms with Crippen LogP contribution in [-0.2, 0) is 9.53 Å². The monoisotopic (exact) mass is 360 g/mol. The fraction of sp³-hybridized carbons (Fsp3) is 0.500. The van der Waals surface area contributed by atoms with Crippen LogP contribution in [0.2, 0.25) is 0 Å². The Morgan fingerprint density at radius 2 is 1.69 bits per heavy atom. The molecule has 1 saturated heterocycles. The number of aliphatic hydroxyl groups excluding tert-OH is 1. The molecule has 0 aromatic carbocycles. The van der Waals surface area contributed by atoms with E-state index in [1.165, 1.54) is 0 Å². The quantitative estimate of drug-likeness (QED) is 0.267. The third kappa shape index (κ3) is 12.5. The molecule has 0 saturated carbocycles. The maximum atomic E-state index is 10.3. The van der Waals surface area contributed by atoms with Gasteiger partial charge in [-0.2, -0.15) is 0 Å². The van der Waals surface area contributed by atoms with Crippen LogP contribution in [0.15, 0.2) is 60.8 Å². The van der Waals surface area contributed by atoms with Crippen LogP contribution in [0.5, 0.6) is 0 Å². The molecule has 1 aliphatic rings. The molecule has 0 amide bonds. The Morgan fingerprint density at radius 3 is 2.35 bits per heavy atom. The first-order chi connectivity index (χ1) is 12.6. The van der Waals surface area contributed by atoms with Crippen molar-refractivity contribution < 1.29 is 19.7 Å². The molecule has 0 radical (unpaired) electrons. The van der Waals surface area contributed by atoms with Crippen molar-refractivity contribution >= 4 is 5.97 Å². The minimum absolute atomic E-state index is 0.184. The largest absolute Gasteiger partial charge is 0.481 e. The molecule has 144 valence electrons. The third-order valence-corrected chi connectivity index (χ3v) is 3.99. The van der Waals surface area contributed by atoms with E-state index in [9.17, 15) is 9.90 Å². The lowest BCUT2D eigenvalue weighted by molar-refractivity contribution is -0.136. The number of ether oxygens (including phenoxy) is 1. The first kappa shape index (κ1) is 22.1. The van der Waals surface area contributed by atoms with Gasteiger partial charge in [0.25, 0.3) is 0 Å². The Bertz CT molecular complexity index is 528. The average molecular weight is 360 g/mol. The van der Waals surface area contributed by atoms with E-state index in [4.69, 9.17) is 9.84 Å². The van der Waals surface area contributed by atoms with Crippen LogP contribution in [0, 0.1) is 0 Å². The molecule has 0 bridgehead atoms. The molecule has 0 aliphatic carbocycles. The van der Waals surface area contributed by atoms with Crippen LogP contribution in [0.4, 0.5) is 0 Å². The fourth-order valence-corrected chi connectivity index (χ4v) is 2.41. The van der Waals surface area contributed by atoms with E-state index in [-0.39, 0.29) is 6.42 Å². The van der Waals surface area contributed by atoms with E-state index in [2.05, 4.69) is 25.2 Å². The lowest BCUT2D eigenvalue weighted by Crippen LogP contribution is -1.98. The van der Waals surface area contributed by atoms with Crippen molar-refractivity contribution in [1.82, 2.24) is 0 Å². The van der Waals surface area contributed by atoms with Crippen molar-refractivity contribution in [3.63, 3.8) is 0 Å². The molecule has 4 nitrogen and oxygen atoms in total. The maximum absolute atomic E-state index is 10.3. The van der Waals surface area contributed by atoms with Gasteiger partial charge in [-0.1, -0.05) is 67.7 Å². The molecule has 1 aliphatic heterocycles. The normalized spacial score (nSPS) is 21.8. The SMILES string of the molecule is CCC1OC1CC=CC=CC(O)CC=CCC=CCC=CCCC(=O)O. The number of allylic oxidation sites excluding steroid dienone is 7. The minimum atomic E-state index is -0.763. The summed E-state index contributed by atoms with van der Waals surface area (Å²) in [4.78, 5) is 10.3. The average Bonchev–Trinajstić information content (AvgIpc) is 3.37. The lowest BCUT2D eigenvalue weighted by Gasteiger charge is -1.98. The molecule has 3 unspecified atom stereocenters. The van der Waals surface area contributed by atoms with Crippen molar-refractivity contribution in [2.24, 2.45) is 0 Å². The fourth-order valence-electron chi connectivity index (χ4n) is 2.41. The van der Waals surface area contributed by atoms with Gasteiger partial charge in [0.2, 0.25) is 0 Å². The highest BCUT2D eigenvalue weighted by Gasteiger charge is 2.35. The number of carboxylic acids is 1. The Labute approximate surface area is 157 Å². The molecule has 3 atom stereocenters. The number of hydrogen-bond donors (Lipinski definition) is 2. The Kier molecular flexibility index (Phi) is 12.2. The van der Waals surface area contributed by atoms with E-state index in [1.807, 2.05) is 36.5 Å². The van der Waals surface area contributed by atoms with Gasteiger partial charge in [0.15, 0.2) is 0 Å². The highest BCUT2D eigenvalue weighted by Crippen LogP contribution is 2.27. The molecule has 0 spiro atoms. The number of aliphatic carboxylic acids is 1. The first-order valence-corrected chi connectivity index (χ1v) is 9.47. The van der Waals surface area contributed by atoms with Crippen LogP contribution < -0.4 is 0 Å². The topological polar surface area (TPSA) is 70.1 Å². The zero-order valence-electron chi connectivity index (χ0n) is 15.7. The molecule has 0 aromatic rings. The molecule has 1 rings (SSSR count). The number of aliphatic hydroxyl groups is 1. The van der Waals surface area contributed by atoms with Gasteiger partial charge in [-0.15, -0.1) is 0 Å². The second kappa shape index (κ2) is 14.3. The van der Waals surface area contributed by atoms with Crippen LogP contribution in [0.25, 0.3) is 0 Å². The minimum Gasteiger partial charge on any atom is -0.481 e. The van der Waals surface area contributed by atoms with Gasteiger partial charge < -0.3 is 14.9 Å². The summed E-state index contributed by atoms with van der Waals surface area (Å²) in [6, 6.07) is 0. The van der Waals surface area contributed by atoms with Gasteiger partial charge in [0, 0.05) is 6.42 Å². The van der Waals surface area contributed by atoms with Crippen molar-refractivity contribution in [3.8, 4) is 0 Å². The molecule has 1 heterocycles. The Balaban J connectivity index is 2.01. The van der Waals surface area contributed by atoms with Gasteiger partial charge in [0.1, 0.15) is 0 Å². The number of carbonyl (C=O) groups is 1. The number of carboxylic acid groups (broad SMARTS) is 1. The summed E-state index contributed by atoms with van der Waals surface area (Å²) in [5.41, 5.74) is 0. The summed E-state index contributed by atoms with van der Waals surface area (Å²) >= 11 is 0. The van der Waals surface area contributed by atoms with E-state index >= 15 is 0 Å². The van der Waals surface area contributed by atoms with E-state index in [1.54, 1.807) is 6.08 Å². The second-order valence-electron chi connectivity index (χ2n) is 6.29. The smallest absolute Gasteiger partial charge is 0.303 e. The first-order valence-electron chi connectivity index (χ1n) is 9.47. The Hall–Kier alpha value is -1.91. The highest BCUT2D eigenvalue weighted by molar-refractivity contribution is 5.66. The third-order valence-electron chi connectivity index (χ3n) is 3.99. The molecular formula is C22H32O4. The molecule has 26 heavy (non-hydrogen) atoms. The van der Waals surface area contributed by atoms with Gasteiger partial charge in [0.05, 0.1) is 18.3 Å². The summed E-state index contributed by atoms with van der Waals surface area (Å²) < 4.78 is 5.46. The predicted molar refractivity (Wildman–Crippen MR) is 106 cm³/mol. The molecular weight excluding hydrogens is 328 g/mol.